The van der Waals surface area contributed by atoms with E-state index in [1.807, 2.05) is 0 Å². The molecule has 0 aromatic rings. The summed E-state index contributed by atoms with van der Waals surface area (Å²) in [4.78, 5) is 0. The van der Waals surface area contributed by atoms with Gasteiger partial charge < -0.3 is 10.2 Å². The Kier molecular flexibility index (Phi) is 42.3. The van der Waals surface area contributed by atoms with Gasteiger partial charge in [-0.15, -0.1) is 0 Å². The Balaban J connectivity index is -0.0000000450. The van der Waals surface area contributed by atoms with Gasteiger partial charge in [-0.1, -0.05) is 0 Å². The molecule has 0 aliphatic carbocycles. The maximum atomic E-state index is 7.62. The molecule has 4 heteroatoms. The fraction of sp³-hybridized carbons (Fsp3) is 1.00. The van der Waals surface area contributed by atoms with Crippen molar-refractivity contribution in [2.75, 3.05) is 13.2 Å². The van der Waals surface area contributed by atoms with Crippen LogP contribution in [0.4, 0.5) is 0 Å². The monoisotopic (exact) mass is 158 g/mol. The van der Waals surface area contributed by atoms with Gasteiger partial charge in [0.2, 0.25) is 0 Å². The second kappa shape index (κ2) is 16.2. The largest absolute Gasteiger partial charge is 0.394 e. The molecule has 2 N–H and O–H groups in total. The maximum Gasteiger partial charge on any atom is 0.0662 e. The summed E-state index contributed by atoms with van der Waals surface area (Å²) in [6, 6.07) is 0. The van der Waals surface area contributed by atoms with Crippen LogP contribution in [0, 0.1) is 0 Å². The molecule has 0 rings (SSSR count). The topological polar surface area (TPSA) is 40.5 Å². The quantitative estimate of drug-likeness (QED) is 0.478. The summed E-state index contributed by atoms with van der Waals surface area (Å²) < 4.78 is 0. The Bertz CT molecular complexity index is 11.5. The third-order valence-electron chi connectivity index (χ3n) is 0.1000. The summed E-state index contributed by atoms with van der Waals surface area (Å²) in [5, 5.41) is 15.2. The molecular weight excluding hydrogens is 152 g/mol. The van der Waals surface area contributed by atoms with Crippen molar-refractivity contribution in [3.05, 3.63) is 0 Å². The number of aliphatic hydroxyl groups excluding tert-OH is 2. The van der Waals surface area contributed by atoms with Crippen molar-refractivity contribution >= 4 is 0 Å². The number of rotatable bonds is 1. The van der Waals surface area contributed by atoms with Gasteiger partial charge in [-0.25, -0.2) is 0 Å². The molecule has 0 saturated carbocycles. The maximum absolute atomic E-state index is 7.62. The molecule has 0 radical (unpaired) electrons. The van der Waals surface area contributed by atoms with Crippen molar-refractivity contribution in [3.8, 4) is 0 Å². The van der Waals surface area contributed by atoms with Crippen LogP contribution >= 0.6 is 0 Å². The first kappa shape index (κ1) is 15.7. The van der Waals surface area contributed by atoms with Crippen molar-refractivity contribution in [3.63, 3.8) is 0 Å². The van der Waals surface area contributed by atoms with Crippen LogP contribution in [0.3, 0.4) is 0 Å². The number of hydrogen-bond acceptors (Lipinski definition) is 2. The minimum absolute atomic E-state index is 0. The molecule has 0 unspecified atom stereocenters. The van der Waals surface area contributed by atoms with Crippen molar-refractivity contribution in [1.82, 2.24) is 0 Å². The number of aliphatic hydroxyl groups is 2. The zero-order chi connectivity index (χ0) is 3.41. The molecule has 0 aromatic heterocycles. The summed E-state index contributed by atoms with van der Waals surface area (Å²) in [5.41, 5.74) is 0. The van der Waals surface area contributed by atoms with Gasteiger partial charge in [-0.05, 0) is 0 Å². The standard InChI is InChI=1S/C2H6O2.2Ti/c3-1-2-4;;/h3-4H,1-2H2;;. The van der Waals surface area contributed by atoms with Crippen molar-refractivity contribution in [2.45, 2.75) is 0 Å². The van der Waals surface area contributed by atoms with Gasteiger partial charge in [0.05, 0.1) is 13.2 Å². The van der Waals surface area contributed by atoms with Gasteiger partial charge in [-0.3, -0.25) is 0 Å². The molecule has 2 nitrogen and oxygen atoms in total. The number of hydrogen-bond donors (Lipinski definition) is 2. The van der Waals surface area contributed by atoms with Crippen molar-refractivity contribution in [1.29, 1.82) is 0 Å². The van der Waals surface area contributed by atoms with Gasteiger partial charge in [0.15, 0.2) is 0 Å². The minimum Gasteiger partial charge on any atom is -0.394 e. The van der Waals surface area contributed by atoms with Gasteiger partial charge in [0, 0.05) is 43.4 Å². The van der Waals surface area contributed by atoms with E-state index in [0.717, 1.165) is 0 Å². The van der Waals surface area contributed by atoms with E-state index in [9.17, 15) is 0 Å². The average Bonchev–Trinajstić information content (AvgIpc) is 1.37. The zero-order valence-corrected chi connectivity index (χ0v) is 6.43. The molecule has 6 heavy (non-hydrogen) atoms. The molecule has 0 aromatic carbocycles. The van der Waals surface area contributed by atoms with Crippen LogP contribution in [-0.4, -0.2) is 23.4 Å². The van der Waals surface area contributed by atoms with E-state index in [1.165, 1.54) is 0 Å². The normalized spacial score (nSPS) is 5.00. The molecule has 34 valence electrons. The van der Waals surface area contributed by atoms with Crippen LogP contribution in [0.1, 0.15) is 0 Å². The minimum atomic E-state index is -0.125. The van der Waals surface area contributed by atoms with Gasteiger partial charge >= 0.3 is 0 Å². The molecular formula is C2H6O2Ti2. The molecule has 0 aliphatic rings. The summed E-state index contributed by atoms with van der Waals surface area (Å²) in [5.74, 6) is 0. The van der Waals surface area contributed by atoms with Gasteiger partial charge in [0.1, 0.15) is 0 Å². The molecule has 0 atom stereocenters. The fourth-order valence-electron chi connectivity index (χ4n) is 0. The molecule has 0 heterocycles. The van der Waals surface area contributed by atoms with E-state index in [2.05, 4.69) is 0 Å². The Morgan fingerprint density at radius 2 is 1.00 bits per heavy atom. The van der Waals surface area contributed by atoms with Crippen LogP contribution in [0.25, 0.3) is 0 Å². The molecule has 0 amide bonds. The first-order chi connectivity index (χ1) is 1.91. The Morgan fingerprint density at radius 1 is 0.833 bits per heavy atom. The summed E-state index contributed by atoms with van der Waals surface area (Å²) in [6.07, 6.45) is 0. The second-order valence-electron chi connectivity index (χ2n) is 0.447. The zero-order valence-electron chi connectivity index (χ0n) is 3.31. The van der Waals surface area contributed by atoms with E-state index in [0.29, 0.717) is 0 Å². The predicted octanol–water partition coefficient (Wildman–Crippen LogP) is -1.03. The van der Waals surface area contributed by atoms with Gasteiger partial charge in [-0.2, -0.15) is 0 Å². The van der Waals surface area contributed by atoms with E-state index in [1.54, 1.807) is 0 Å². The Labute approximate surface area is 66.7 Å². The van der Waals surface area contributed by atoms with Crippen molar-refractivity contribution < 1.29 is 53.6 Å². The summed E-state index contributed by atoms with van der Waals surface area (Å²) in [6.45, 7) is -0.250. The smallest absolute Gasteiger partial charge is 0.0662 e. The average molecular weight is 158 g/mol. The van der Waals surface area contributed by atoms with Gasteiger partial charge in [0.25, 0.3) is 0 Å². The van der Waals surface area contributed by atoms with E-state index in [4.69, 9.17) is 10.2 Å². The molecule has 0 fully saturated rings. The van der Waals surface area contributed by atoms with Crippen LogP contribution in [0.15, 0.2) is 0 Å². The molecule has 0 bridgehead atoms. The fourth-order valence-corrected chi connectivity index (χ4v) is 0. The third kappa shape index (κ3) is 18.3. The Hall–Kier alpha value is 1.35. The summed E-state index contributed by atoms with van der Waals surface area (Å²) >= 11 is 0. The predicted molar refractivity (Wildman–Crippen MR) is 14.2 cm³/mol. The first-order valence-corrected chi connectivity index (χ1v) is 1.13. The first-order valence-electron chi connectivity index (χ1n) is 1.13. The molecule has 0 saturated heterocycles. The SMILES string of the molecule is OCCO.[Ti].[Ti]. The van der Waals surface area contributed by atoms with Crippen LogP contribution in [0.5, 0.6) is 0 Å². The third-order valence-corrected chi connectivity index (χ3v) is 0.1000. The van der Waals surface area contributed by atoms with E-state index < -0.39 is 0 Å². The van der Waals surface area contributed by atoms with E-state index >= 15 is 0 Å². The Morgan fingerprint density at radius 3 is 1.00 bits per heavy atom. The van der Waals surface area contributed by atoms with Crippen LogP contribution in [-0.2, 0) is 43.4 Å². The summed E-state index contributed by atoms with van der Waals surface area (Å²) in [7, 11) is 0. The second-order valence-corrected chi connectivity index (χ2v) is 0.447. The molecule has 0 spiro atoms. The van der Waals surface area contributed by atoms with E-state index in [-0.39, 0.29) is 56.6 Å². The van der Waals surface area contributed by atoms with Crippen LogP contribution < -0.4 is 0 Å². The molecule has 0 aliphatic heterocycles. The van der Waals surface area contributed by atoms with Crippen LogP contribution in [0.2, 0.25) is 0 Å². The van der Waals surface area contributed by atoms with Crippen molar-refractivity contribution in [2.24, 2.45) is 0 Å².